The van der Waals surface area contributed by atoms with Gasteiger partial charge in [0.25, 0.3) is 0 Å². The van der Waals surface area contributed by atoms with Crippen molar-refractivity contribution in [2.24, 2.45) is 0 Å². The van der Waals surface area contributed by atoms with Crippen molar-refractivity contribution in [2.45, 2.75) is 0 Å². The molecular formula is C10H12N2O4. The molecular weight excluding hydrogens is 212 g/mol. The van der Waals surface area contributed by atoms with Crippen molar-refractivity contribution in [1.29, 1.82) is 0 Å². The van der Waals surface area contributed by atoms with Crippen LogP contribution in [0.5, 0.6) is 0 Å². The topological polar surface area (TPSA) is 87.7 Å². The zero-order chi connectivity index (χ0) is 12.0. The number of anilines is 2. The van der Waals surface area contributed by atoms with Crippen molar-refractivity contribution in [1.82, 2.24) is 0 Å². The molecule has 1 aromatic rings. The Kier molecular flexibility index (Phi) is 4.14. The van der Waals surface area contributed by atoms with E-state index in [1.54, 1.807) is 31.3 Å². The van der Waals surface area contributed by atoms with Crippen LogP contribution in [0.25, 0.3) is 0 Å². The van der Waals surface area contributed by atoms with E-state index in [2.05, 4.69) is 15.4 Å². The number of benzene rings is 1. The van der Waals surface area contributed by atoms with Crippen molar-refractivity contribution in [3.63, 3.8) is 0 Å². The number of carbonyl (C=O) groups excluding carboxylic acids is 1. The molecule has 0 heterocycles. The number of hydrogen-bond acceptors (Lipinski definition) is 4. The SMILES string of the molecule is CNc1ccc(NC(=O)OCC(=O)O)cc1. The zero-order valence-electron chi connectivity index (χ0n) is 8.69. The largest absolute Gasteiger partial charge is 0.479 e. The number of nitrogens with one attached hydrogen (secondary N) is 2. The molecule has 0 aliphatic heterocycles. The lowest BCUT2D eigenvalue weighted by atomic mass is 10.3. The Morgan fingerprint density at radius 2 is 1.81 bits per heavy atom. The predicted octanol–water partition coefficient (Wildman–Crippen LogP) is 1.36. The third kappa shape index (κ3) is 3.87. The van der Waals surface area contributed by atoms with Gasteiger partial charge >= 0.3 is 12.1 Å². The van der Waals surface area contributed by atoms with Crippen LogP contribution in [-0.2, 0) is 9.53 Å². The van der Waals surface area contributed by atoms with Crippen molar-refractivity contribution in [3.8, 4) is 0 Å². The standard InChI is InChI=1S/C10H12N2O4/c1-11-7-2-4-8(5-3-7)12-10(15)16-6-9(13)14/h2-5,11H,6H2,1H3,(H,12,15)(H,13,14). The fraction of sp³-hybridized carbons (Fsp3) is 0.200. The van der Waals surface area contributed by atoms with Crippen LogP contribution in [0, 0.1) is 0 Å². The summed E-state index contributed by atoms with van der Waals surface area (Å²) < 4.78 is 4.40. The molecule has 0 aliphatic carbocycles. The Morgan fingerprint density at radius 3 is 2.31 bits per heavy atom. The van der Waals surface area contributed by atoms with E-state index in [-0.39, 0.29) is 0 Å². The molecule has 1 aromatic carbocycles. The van der Waals surface area contributed by atoms with Crippen LogP contribution >= 0.6 is 0 Å². The Bertz CT molecular complexity index is 375. The fourth-order valence-corrected chi connectivity index (χ4v) is 1.00. The second kappa shape index (κ2) is 5.59. The summed E-state index contributed by atoms with van der Waals surface area (Å²) >= 11 is 0. The molecule has 0 spiro atoms. The smallest absolute Gasteiger partial charge is 0.412 e. The summed E-state index contributed by atoms with van der Waals surface area (Å²) in [6, 6.07) is 6.89. The lowest BCUT2D eigenvalue weighted by Crippen LogP contribution is -2.18. The summed E-state index contributed by atoms with van der Waals surface area (Å²) in [5, 5.41) is 13.6. The molecule has 86 valence electrons. The fourth-order valence-electron chi connectivity index (χ4n) is 1.00. The van der Waals surface area contributed by atoms with Gasteiger partial charge < -0.3 is 15.2 Å². The maximum atomic E-state index is 11.1. The van der Waals surface area contributed by atoms with Crippen molar-refractivity contribution >= 4 is 23.4 Å². The van der Waals surface area contributed by atoms with Crippen molar-refractivity contribution in [3.05, 3.63) is 24.3 Å². The molecule has 6 nitrogen and oxygen atoms in total. The number of amides is 1. The number of ether oxygens (including phenoxy) is 1. The Balaban J connectivity index is 2.46. The predicted molar refractivity (Wildman–Crippen MR) is 58.6 cm³/mol. The highest BCUT2D eigenvalue weighted by Crippen LogP contribution is 2.12. The highest BCUT2D eigenvalue weighted by atomic mass is 16.6. The van der Waals surface area contributed by atoms with E-state index >= 15 is 0 Å². The number of carboxylic acid groups (broad SMARTS) is 1. The van der Waals surface area contributed by atoms with E-state index in [9.17, 15) is 9.59 Å². The van der Waals surface area contributed by atoms with Gasteiger partial charge in [-0.1, -0.05) is 0 Å². The minimum atomic E-state index is -1.19. The zero-order valence-corrected chi connectivity index (χ0v) is 8.69. The van der Waals surface area contributed by atoms with Crippen molar-refractivity contribution < 1.29 is 19.4 Å². The normalized spacial score (nSPS) is 9.31. The summed E-state index contributed by atoms with van der Waals surface area (Å²) in [4.78, 5) is 21.2. The quantitative estimate of drug-likeness (QED) is 0.718. The molecule has 1 amide bonds. The van der Waals surface area contributed by atoms with Gasteiger partial charge in [0, 0.05) is 18.4 Å². The number of carboxylic acids is 1. The van der Waals surface area contributed by atoms with Gasteiger partial charge in [0.05, 0.1) is 0 Å². The number of carbonyl (C=O) groups is 2. The molecule has 6 heteroatoms. The first kappa shape index (κ1) is 11.8. The molecule has 0 saturated carbocycles. The van der Waals surface area contributed by atoms with Gasteiger partial charge in [0.2, 0.25) is 0 Å². The molecule has 0 aromatic heterocycles. The van der Waals surface area contributed by atoms with Crippen LogP contribution in [0.15, 0.2) is 24.3 Å². The highest BCUT2D eigenvalue weighted by Gasteiger charge is 2.05. The monoisotopic (exact) mass is 224 g/mol. The second-order valence-electron chi connectivity index (χ2n) is 2.92. The van der Waals surface area contributed by atoms with E-state index in [4.69, 9.17) is 5.11 Å². The van der Waals surface area contributed by atoms with Crippen LogP contribution in [-0.4, -0.2) is 30.8 Å². The van der Waals surface area contributed by atoms with E-state index < -0.39 is 18.7 Å². The Labute approximate surface area is 92.2 Å². The molecule has 0 aliphatic rings. The van der Waals surface area contributed by atoms with Crippen LogP contribution < -0.4 is 10.6 Å². The third-order valence-electron chi connectivity index (χ3n) is 1.75. The lowest BCUT2D eigenvalue weighted by Gasteiger charge is -2.06. The average Bonchev–Trinajstić information content (AvgIpc) is 2.27. The van der Waals surface area contributed by atoms with Gasteiger partial charge in [0.15, 0.2) is 6.61 Å². The van der Waals surface area contributed by atoms with Crippen LogP contribution in [0.4, 0.5) is 16.2 Å². The summed E-state index contributed by atoms with van der Waals surface area (Å²) in [7, 11) is 1.78. The highest BCUT2D eigenvalue weighted by molar-refractivity contribution is 5.86. The van der Waals surface area contributed by atoms with E-state index in [1.165, 1.54) is 0 Å². The summed E-state index contributed by atoms with van der Waals surface area (Å²) in [5.41, 5.74) is 1.44. The maximum absolute atomic E-state index is 11.1. The number of rotatable bonds is 4. The van der Waals surface area contributed by atoms with Gasteiger partial charge in [-0.05, 0) is 24.3 Å². The molecule has 3 N–H and O–H groups in total. The molecule has 1 rings (SSSR count). The summed E-state index contributed by atoms with van der Waals surface area (Å²) in [5.74, 6) is -1.19. The van der Waals surface area contributed by atoms with Crippen molar-refractivity contribution in [2.75, 3.05) is 24.3 Å². The van der Waals surface area contributed by atoms with Crippen LogP contribution in [0.2, 0.25) is 0 Å². The van der Waals surface area contributed by atoms with Gasteiger partial charge in [-0.2, -0.15) is 0 Å². The minimum Gasteiger partial charge on any atom is -0.479 e. The molecule has 0 unspecified atom stereocenters. The average molecular weight is 224 g/mol. The van der Waals surface area contributed by atoms with E-state index in [0.29, 0.717) is 5.69 Å². The second-order valence-corrected chi connectivity index (χ2v) is 2.92. The van der Waals surface area contributed by atoms with Gasteiger partial charge in [-0.25, -0.2) is 9.59 Å². The van der Waals surface area contributed by atoms with Crippen LogP contribution in [0.3, 0.4) is 0 Å². The molecule has 0 fully saturated rings. The molecule has 0 saturated heterocycles. The summed E-state index contributed by atoms with van der Waals surface area (Å²) in [6.07, 6.45) is -0.792. The van der Waals surface area contributed by atoms with Crippen LogP contribution in [0.1, 0.15) is 0 Å². The molecule has 16 heavy (non-hydrogen) atoms. The first-order chi connectivity index (χ1) is 7.61. The lowest BCUT2D eigenvalue weighted by molar-refractivity contribution is -0.140. The first-order valence-electron chi connectivity index (χ1n) is 4.55. The molecule has 0 bridgehead atoms. The van der Waals surface area contributed by atoms with Gasteiger partial charge in [-0.3, -0.25) is 5.32 Å². The minimum absolute atomic E-state index is 0.536. The maximum Gasteiger partial charge on any atom is 0.412 e. The Hall–Kier alpha value is -2.24. The van der Waals surface area contributed by atoms with E-state index in [1.807, 2.05) is 0 Å². The van der Waals surface area contributed by atoms with Gasteiger partial charge in [0.1, 0.15) is 0 Å². The van der Waals surface area contributed by atoms with Gasteiger partial charge in [-0.15, -0.1) is 0 Å². The molecule has 0 atom stereocenters. The first-order valence-corrected chi connectivity index (χ1v) is 4.55. The Morgan fingerprint density at radius 1 is 1.25 bits per heavy atom. The number of hydrogen-bond donors (Lipinski definition) is 3. The number of aliphatic carboxylic acids is 1. The van der Waals surface area contributed by atoms with E-state index in [0.717, 1.165) is 5.69 Å². The molecule has 0 radical (unpaired) electrons. The summed E-state index contributed by atoms with van der Waals surface area (Å²) in [6.45, 7) is -0.652. The third-order valence-corrected chi connectivity index (χ3v) is 1.75.